The van der Waals surface area contributed by atoms with Crippen LogP contribution in [0.4, 0.5) is 17.6 Å². The number of alkyl halides is 1. The minimum Gasteiger partial charge on any atom is -0.490 e. The lowest BCUT2D eigenvalue weighted by Gasteiger charge is -2.27. The number of halogens is 5. The second-order valence-electron chi connectivity index (χ2n) is 9.93. The maximum absolute atomic E-state index is 15.0. The molecule has 0 N–H and O–H groups in total. The Morgan fingerprint density at radius 2 is 1.55 bits per heavy atom. The van der Waals surface area contributed by atoms with Crippen molar-refractivity contribution >= 4 is 11.6 Å². The molecule has 2 atom stereocenters. The summed E-state index contributed by atoms with van der Waals surface area (Å²) in [6, 6.07) is 4.39. The number of ether oxygens (including phenoxy) is 3. The summed E-state index contributed by atoms with van der Waals surface area (Å²) in [7, 11) is 0. The number of unbranched alkanes of at least 4 members (excludes halogenated alkanes) is 3. The van der Waals surface area contributed by atoms with E-state index >= 15 is 4.39 Å². The van der Waals surface area contributed by atoms with Crippen molar-refractivity contribution in [3.8, 4) is 11.5 Å². The molecule has 38 heavy (non-hydrogen) atoms. The molecule has 3 nitrogen and oxygen atoms in total. The summed E-state index contributed by atoms with van der Waals surface area (Å²) in [5, 5.41) is -0.289. The molecule has 3 rings (SSSR count). The molecule has 0 saturated heterocycles. The molecular weight excluding hydrogens is 520 g/mol. The monoisotopic (exact) mass is 558 g/mol. The van der Waals surface area contributed by atoms with Crippen LogP contribution in [-0.2, 0) is 17.6 Å². The van der Waals surface area contributed by atoms with Crippen LogP contribution in [0.25, 0.3) is 0 Å². The molecule has 1 aliphatic rings. The van der Waals surface area contributed by atoms with E-state index in [2.05, 4.69) is 6.92 Å². The first-order valence-corrected chi connectivity index (χ1v) is 14.3. The lowest BCUT2D eigenvalue weighted by Crippen LogP contribution is -2.18. The summed E-state index contributed by atoms with van der Waals surface area (Å²) in [6.45, 7) is 5.82. The topological polar surface area (TPSA) is 27.7 Å². The summed E-state index contributed by atoms with van der Waals surface area (Å²) >= 11 is 6.18. The van der Waals surface area contributed by atoms with Gasteiger partial charge in [0.15, 0.2) is 23.1 Å². The minimum atomic E-state index is -1.08. The molecule has 0 amide bonds. The van der Waals surface area contributed by atoms with Crippen molar-refractivity contribution in [2.24, 2.45) is 0 Å². The van der Waals surface area contributed by atoms with Crippen molar-refractivity contribution in [3.63, 3.8) is 0 Å². The van der Waals surface area contributed by atoms with Crippen LogP contribution in [0.3, 0.4) is 0 Å². The van der Waals surface area contributed by atoms with Crippen LogP contribution in [-0.4, -0.2) is 31.8 Å². The molecule has 0 fully saturated rings. The van der Waals surface area contributed by atoms with Gasteiger partial charge in [-0.3, -0.25) is 0 Å². The van der Waals surface area contributed by atoms with Gasteiger partial charge in [0.25, 0.3) is 0 Å². The minimum absolute atomic E-state index is 0.0742. The molecule has 0 spiro atoms. The third kappa shape index (κ3) is 8.25. The maximum Gasteiger partial charge on any atom is 0.200 e. The Morgan fingerprint density at radius 1 is 0.842 bits per heavy atom. The highest BCUT2D eigenvalue weighted by Gasteiger charge is 2.30. The molecule has 0 bridgehead atoms. The van der Waals surface area contributed by atoms with Gasteiger partial charge in [0.1, 0.15) is 6.61 Å². The summed E-state index contributed by atoms with van der Waals surface area (Å²) in [6.07, 6.45) is 7.14. The van der Waals surface area contributed by atoms with E-state index in [1.54, 1.807) is 0 Å². The van der Waals surface area contributed by atoms with E-state index in [1.807, 2.05) is 6.92 Å². The van der Waals surface area contributed by atoms with Crippen molar-refractivity contribution in [3.05, 3.63) is 58.2 Å². The second-order valence-corrected chi connectivity index (χ2v) is 10.6. The average Bonchev–Trinajstić information content (AvgIpc) is 2.92. The van der Waals surface area contributed by atoms with E-state index in [1.165, 1.54) is 18.2 Å². The van der Waals surface area contributed by atoms with Gasteiger partial charge in [0, 0.05) is 13.2 Å². The van der Waals surface area contributed by atoms with Gasteiger partial charge < -0.3 is 14.2 Å². The van der Waals surface area contributed by atoms with Gasteiger partial charge in [-0.2, -0.15) is 8.78 Å². The number of fused-ring (bicyclic) bond motifs is 1. The zero-order valence-electron chi connectivity index (χ0n) is 22.4. The van der Waals surface area contributed by atoms with Crippen molar-refractivity contribution in [2.45, 2.75) is 89.4 Å². The van der Waals surface area contributed by atoms with Gasteiger partial charge in [-0.25, -0.2) is 8.78 Å². The number of hydrogen-bond donors (Lipinski definition) is 0. The van der Waals surface area contributed by atoms with Crippen LogP contribution in [0.1, 0.15) is 87.8 Å². The fraction of sp³-hybridized carbons (Fsp3) is 0.600. The Hall–Kier alpha value is -1.99. The van der Waals surface area contributed by atoms with Gasteiger partial charge >= 0.3 is 0 Å². The number of rotatable bonds is 16. The molecule has 0 aliphatic heterocycles. The molecule has 2 aromatic rings. The van der Waals surface area contributed by atoms with E-state index in [0.717, 1.165) is 45.1 Å². The second kappa shape index (κ2) is 15.6. The predicted octanol–water partition coefficient (Wildman–Crippen LogP) is 8.67. The molecule has 212 valence electrons. The van der Waals surface area contributed by atoms with Crippen LogP contribution >= 0.6 is 11.6 Å². The lowest BCUT2D eigenvalue weighted by molar-refractivity contribution is 0.123. The largest absolute Gasteiger partial charge is 0.490 e. The van der Waals surface area contributed by atoms with Gasteiger partial charge in [-0.1, -0.05) is 39.2 Å². The van der Waals surface area contributed by atoms with E-state index in [0.29, 0.717) is 31.4 Å². The van der Waals surface area contributed by atoms with Gasteiger partial charge in [0.05, 0.1) is 12.0 Å². The first-order valence-electron chi connectivity index (χ1n) is 13.8. The smallest absolute Gasteiger partial charge is 0.200 e. The van der Waals surface area contributed by atoms with Crippen LogP contribution in [0.2, 0.25) is 0 Å². The molecule has 0 heterocycles. The predicted molar refractivity (Wildman–Crippen MR) is 143 cm³/mol. The number of benzene rings is 2. The van der Waals surface area contributed by atoms with Gasteiger partial charge in [0.2, 0.25) is 11.6 Å². The first kappa shape index (κ1) is 30.6. The van der Waals surface area contributed by atoms with E-state index < -0.39 is 29.2 Å². The molecule has 1 aliphatic carbocycles. The van der Waals surface area contributed by atoms with E-state index in [9.17, 15) is 13.2 Å². The molecular formula is C30H39ClF4O3. The van der Waals surface area contributed by atoms with Crippen molar-refractivity contribution in [1.82, 2.24) is 0 Å². The Balaban J connectivity index is 1.60. The van der Waals surface area contributed by atoms with Crippen molar-refractivity contribution < 1.29 is 31.8 Å². The Bertz CT molecular complexity index is 1030. The Morgan fingerprint density at radius 3 is 2.32 bits per heavy atom. The third-order valence-corrected chi connectivity index (χ3v) is 7.31. The molecule has 2 aromatic carbocycles. The Labute approximate surface area is 228 Å². The fourth-order valence-corrected chi connectivity index (χ4v) is 4.90. The standard InChI is InChI=1S/C30H39ClF4O3/c1-3-5-9-22(31)19-38-25-13-12-23(27(32)29(25)34)20-10-11-21-18-26(30(35)28(33)24(21)17-20)37-16-8-7-15-36-14-6-4-2/h12-13,18,20,22H,3-11,14-17,19H2,1-2H3. The number of hydrogen-bond acceptors (Lipinski definition) is 3. The Kier molecular flexibility index (Phi) is 12.5. The molecule has 0 aromatic heterocycles. The first-order chi connectivity index (χ1) is 18.4. The van der Waals surface area contributed by atoms with Crippen LogP contribution in [0, 0.1) is 23.3 Å². The zero-order chi connectivity index (χ0) is 27.5. The average molecular weight is 559 g/mol. The third-order valence-electron chi connectivity index (χ3n) is 6.97. The highest BCUT2D eigenvalue weighted by Crippen LogP contribution is 2.39. The van der Waals surface area contributed by atoms with Gasteiger partial charge in [-0.15, -0.1) is 11.6 Å². The van der Waals surface area contributed by atoms with Crippen LogP contribution in [0.15, 0.2) is 18.2 Å². The summed E-state index contributed by atoms with van der Waals surface area (Å²) in [5.74, 6) is -4.92. The fourth-order valence-electron chi connectivity index (χ4n) is 4.68. The van der Waals surface area contributed by atoms with Crippen molar-refractivity contribution in [1.29, 1.82) is 0 Å². The van der Waals surface area contributed by atoms with Gasteiger partial charge in [-0.05, 0) is 79.7 Å². The van der Waals surface area contributed by atoms with Crippen molar-refractivity contribution in [2.75, 3.05) is 26.4 Å². The summed E-state index contributed by atoms with van der Waals surface area (Å²) in [4.78, 5) is 0. The highest BCUT2D eigenvalue weighted by molar-refractivity contribution is 6.20. The summed E-state index contributed by atoms with van der Waals surface area (Å²) in [5.41, 5.74) is 0.964. The van der Waals surface area contributed by atoms with Crippen LogP contribution in [0.5, 0.6) is 11.5 Å². The zero-order valence-corrected chi connectivity index (χ0v) is 23.2. The summed E-state index contributed by atoms with van der Waals surface area (Å²) < 4.78 is 76.0. The molecule has 0 radical (unpaired) electrons. The number of aryl methyl sites for hydroxylation is 1. The normalized spacial score (nSPS) is 15.8. The maximum atomic E-state index is 15.0. The highest BCUT2D eigenvalue weighted by atomic mass is 35.5. The molecule has 8 heteroatoms. The quantitative estimate of drug-likeness (QED) is 0.117. The van der Waals surface area contributed by atoms with Crippen LogP contribution < -0.4 is 9.47 Å². The lowest BCUT2D eigenvalue weighted by atomic mass is 9.79. The van der Waals surface area contributed by atoms with E-state index in [4.69, 9.17) is 25.8 Å². The van der Waals surface area contributed by atoms with E-state index in [-0.39, 0.29) is 47.6 Å². The SMILES string of the molecule is CCCCOCCCCOc1cc2c(c(F)c1F)CC(c1ccc(OCC(Cl)CCCC)c(F)c1F)CC2. The molecule has 2 unspecified atom stereocenters. The molecule has 0 saturated carbocycles.